The molecule has 11 heavy (non-hydrogen) atoms. The van der Waals surface area contributed by atoms with Crippen molar-refractivity contribution < 1.29 is 28.0 Å². The minimum absolute atomic E-state index is 0.0682. The summed E-state index contributed by atoms with van der Waals surface area (Å²) >= 11 is 0. The van der Waals surface area contributed by atoms with Crippen molar-refractivity contribution in [1.29, 1.82) is 0 Å². The maximum absolute atomic E-state index is 9.53. The molecule has 2 N–H and O–H groups in total. The van der Waals surface area contributed by atoms with Crippen molar-refractivity contribution in [1.82, 2.24) is 0 Å². The second-order valence-electron chi connectivity index (χ2n) is 1.09. The molecule has 8 heteroatoms. The molecular formula is C3H8O6P2. The van der Waals surface area contributed by atoms with E-state index < -0.39 is 16.2 Å². The standard InChI is InChI=1S/C3H5O3P.H3O3P/c1-2-3-6-7(4)5;1-4(2)3/h2H,1,3H2;4H,(H2,1,2,3). The van der Waals surface area contributed by atoms with E-state index in [2.05, 4.69) is 11.1 Å². The fourth-order valence-corrected chi connectivity index (χ4v) is 0.341. The maximum Gasteiger partial charge on any atom is 0.468 e. The van der Waals surface area contributed by atoms with Crippen LogP contribution in [0.4, 0.5) is 0 Å². The van der Waals surface area contributed by atoms with Gasteiger partial charge in [-0.05, 0) is 0 Å². The highest BCUT2D eigenvalue weighted by molar-refractivity contribution is 7.30. The lowest BCUT2D eigenvalue weighted by Gasteiger charge is -1.77. The Kier molecular flexibility index (Phi) is 11.8. The summed E-state index contributed by atoms with van der Waals surface area (Å²) in [6.07, 6.45) is 1.37. The summed E-state index contributed by atoms with van der Waals surface area (Å²) in [5.74, 6) is 0. The Morgan fingerprint density at radius 1 is 1.55 bits per heavy atom. The van der Waals surface area contributed by atoms with Gasteiger partial charge in [0.2, 0.25) is 0 Å². The second-order valence-corrected chi connectivity index (χ2v) is 2.36. The van der Waals surface area contributed by atoms with Crippen molar-refractivity contribution in [2.75, 3.05) is 6.61 Å². The molecular weight excluding hydrogens is 194 g/mol. The molecule has 0 bridgehead atoms. The summed E-state index contributed by atoms with van der Waals surface area (Å²) in [6.45, 7) is 3.31. The molecule has 0 rings (SSSR count). The van der Waals surface area contributed by atoms with E-state index in [1.54, 1.807) is 0 Å². The second kappa shape index (κ2) is 9.75. The highest BCUT2D eigenvalue weighted by Crippen LogP contribution is 2.02. The Morgan fingerprint density at radius 3 is 2.00 bits per heavy atom. The summed E-state index contributed by atoms with van der Waals surface area (Å²) in [5.41, 5.74) is 0. The van der Waals surface area contributed by atoms with E-state index in [-0.39, 0.29) is 6.61 Å². The summed E-state index contributed by atoms with van der Waals surface area (Å²) < 4.78 is 31.8. The molecule has 0 aliphatic rings. The van der Waals surface area contributed by atoms with Crippen molar-refractivity contribution >= 4 is 16.2 Å². The van der Waals surface area contributed by atoms with Crippen molar-refractivity contribution in [3.63, 3.8) is 0 Å². The smallest absolute Gasteiger partial charge is 0.326 e. The van der Waals surface area contributed by atoms with Gasteiger partial charge in [0, 0.05) is 0 Å². The van der Waals surface area contributed by atoms with Crippen molar-refractivity contribution in [3.05, 3.63) is 12.7 Å². The predicted molar refractivity (Wildman–Crippen MR) is 37.9 cm³/mol. The maximum atomic E-state index is 9.53. The monoisotopic (exact) mass is 202 g/mol. The van der Waals surface area contributed by atoms with Gasteiger partial charge >= 0.3 is 16.2 Å². The van der Waals surface area contributed by atoms with Crippen LogP contribution in [0.25, 0.3) is 0 Å². The van der Waals surface area contributed by atoms with Gasteiger partial charge in [-0.15, -0.1) is 6.58 Å². The van der Waals surface area contributed by atoms with Gasteiger partial charge in [-0.2, -0.15) is 0 Å². The van der Waals surface area contributed by atoms with E-state index in [9.17, 15) is 9.13 Å². The van der Waals surface area contributed by atoms with Gasteiger partial charge in [0.25, 0.3) is 0 Å². The summed E-state index contributed by atoms with van der Waals surface area (Å²) in [7, 11) is -5.81. The summed E-state index contributed by atoms with van der Waals surface area (Å²) in [4.78, 5) is 14.3. The molecule has 0 atom stereocenters. The van der Waals surface area contributed by atoms with Crippen LogP contribution >= 0.6 is 16.2 Å². The zero-order chi connectivity index (χ0) is 9.28. The quantitative estimate of drug-likeness (QED) is 0.514. The molecule has 0 spiro atoms. The molecule has 0 aliphatic carbocycles. The summed E-state index contributed by atoms with van der Waals surface area (Å²) in [6, 6.07) is 0. The first-order valence-corrected chi connectivity index (χ1v) is 4.70. The van der Waals surface area contributed by atoms with Crippen LogP contribution in [-0.4, -0.2) is 16.4 Å². The van der Waals surface area contributed by atoms with Crippen molar-refractivity contribution in [3.8, 4) is 0 Å². The lowest BCUT2D eigenvalue weighted by Crippen LogP contribution is -1.71. The molecule has 0 aliphatic heterocycles. The molecule has 6 nitrogen and oxygen atoms in total. The van der Waals surface area contributed by atoms with Crippen LogP contribution in [0.15, 0.2) is 12.7 Å². The fraction of sp³-hybridized carbons (Fsp3) is 0.333. The molecule has 0 aromatic heterocycles. The third-order valence-corrected chi connectivity index (χ3v) is 0.658. The molecule has 0 aromatic carbocycles. The van der Waals surface area contributed by atoms with E-state index in [1.807, 2.05) is 0 Å². The molecule has 0 saturated carbocycles. The van der Waals surface area contributed by atoms with Crippen molar-refractivity contribution in [2.45, 2.75) is 0 Å². The third kappa shape index (κ3) is 41.6. The molecule has 0 aromatic rings. The lowest BCUT2D eigenvalue weighted by atomic mass is 10.7. The van der Waals surface area contributed by atoms with Gasteiger partial charge in [0.15, 0.2) is 0 Å². The normalized spacial score (nSPS) is 8.27. The first-order valence-electron chi connectivity index (χ1n) is 2.30. The van der Waals surface area contributed by atoms with E-state index in [0.717, 1.165) is 0 Å². The average molecular weight is 202 g/mol. The Bertz CT molecular complexity index is 172. The van der Waals surface area contributed by atoms with Crippen LogP contribution < -0.4 is 0 Å². The number of rotatable bonds is 3. The zero-order valence-corrected chi connectivity index (χ0v) is 7.36. The Balaban J connectivity index is 0. The fourth-order valence-electron chi connectivity index (χ4n) is 0.114. The van der Waals surface area contributed by atoms with Crippen LogP contribution in [-0.2, 0) is 18.2 Å². The minimum atomic E-state index is -3.13. The summed E-state index contributed by atoms with van der Waals surface area (Å²) in [5, 5.41) is 0. The van der Waals surface area contributed by atoms with E-state index >= 15 is 0 Å². The van der Waals surface area contributed by atoms with Crippen LogP contribution in [0.3, 0.4) is 0 Å². The van der Waals surface area contributed by atoms with E-state index in [0.29, 0.717) is 0 Å². The molecule has 0 amide bonds. The molecule has 0 saturated heterocycles. The molecule has 66 valence electrons. The van der Waals surface area contributed by atoms with E-state index in [1.165, 1.54) is 6.08 Å². The lowest BCUT2D eigenvalue weighted by molar-refractivity contribution is 0.338. The van der Waals surface area contributed by atoms with Gasteiger partial charge in [-0.1, -0.05) is 6.08 Å². The molecule has 0 unspecified atom stereocenters. The van der Waals surface area contributed by atoms with Crippen LogP contribution in [0.5, 0.6) is 0 Å². The minimum Gasteiger partial charge on any atom is -0.326 e. The average Bonchev–Trinajstić information content (AvgIpc) is 1.82. The van der Waals surface area contributed by atoms with Gasteiger partial charge < -0.3 is 9.79 Å². The molecule has 0 fully saturated rings. The first kappa shape index (κ1) is 13.3. The highest BCUT2D eigenvalue weighted by Gasteiger charge is 1.81. The predicted octanol–water partition coefficient (Wildman–Crippen LogP) is 0.638. The van der Waals surface area contributed by atoms with Gasteiger partial charge in [-0.25, -0.2) is 9.13 Å². The molecule has 0 radical (unpaired) electrons. The van der Waals surface area contributed by atoms with Crippen LogP contribution in [0, 0.1) is 0 Å². The van der Waals surface area contributed by atoms with Crippen LogP contribution in [0.2, 0.25) is 0 Å². The topological polar surface area (TPSA) is 101 Å². The molecule has 0 heterocycles. The van der Waals surface area contributed by atoms with Gasteiger partial charge in [0.1, 0.15) is 0 Å². The van der Waals surface area contributed by atoms with Crippen LogP contribution in [0.1, 0.15) is 0 Å². The van der Waals surface area contributed by atoms with Gasteiger partial charge in [-0.3, -0.25) is 9.09 Å². The third-order valence-electron chi connectivity index (χ3n) is 0.298. The number of hydrogen-bond acceptors (Lipinski definition) is 4. The Labute approximate surface area is 64.4 Å². The SMILES string of the molecule is C=CCOP(=O)=O.O=[PH](O)O. The highest BCUT2D eigenvalue weighted by atomic mass is 31.1. The van der Waals surface area contributed by atoms with E-state index in [4.69, 9.17) is 14.4 Å². The van der Waals surface area contributed by atoms with Crippen molar-refractivity contribution in [2.24, 2.45) is 0 Å². The number of hydrogen-bond donors (Lipinski definition) is 2. The first-order chi connectivity index (χ1) is 5.00. The zero-order valence-electron chi connectivity index (χ0n) is 5.47. The largest absolute Gasteiger partial charge is 0.468 e. The Morgan fingerprint density at radius 2 is 1.91 bits per heavy atom. The van der Waals surface area contributed by atoms with Gasteiger partial charge in [0.05, 0.1) is 6.61 Å². The Hall–Kier alpha value is -0.250.